The fourth-order valence-electron chi connectivity index (χ4n) is 2.97. The predicted molar refractivity (Wildman–Crippen MR) is 86.2 cm³/mol. The molecule has 0 radical (unpaired) electrons. The first-order valence-corrected chi connectivity index (χ1v) is 9.63. The van der Waals surface area contributed by atoms with Gasteiger partial charge in [0.25, 0.3) is 5.16 Å². The zero-order chi connectivity index (χ0) is 16.6. The maximum Gasteiger partial charge on any atom is 0.250 e. The van der Waals surface area contributed by atoms with Gasteiger partial charge in [-0.2, -0.15) is 10.1 Å². The van der Waals surface area contributed by atoms with Crippen LogP contribution >= 0.6 is 0 Å². The fourth-order valence-corrected chi connectivity index (χ4v) is 3.48. The van der Waals surface area contributed by atoms with E-state index in [0.29, 0.717) is 17.4 Å². The zero-order valence-electron chi connectivity index (χ0n) is 13.2. The Kier molecular flexibility index (Phi) is 4.24. The van der Waals surface area contributed by atoms with Gasteiger partial charge in [0.15, 0.2) is 5.65 Å². The van der Waals surface area contributed by atoms with Crippen molar-refractivity contribution in [2.45, 2.75) is 49.8 Å². The quantitative estimate of drug-likeness (QED) is 0.700. The number of rotatable bonds is 5. The van der Waals surface area contributed by atoms with Crippen molar-refractivity contribution in [3.05, 3.63) is 5.69 Å². The summed E-state index contributed by atoms with van der Waals surface area (Å²) in [5.74, 6) is 0.746. The molecule has 1 aliphatic rings. The van der Waals surface area contributed by atoms with Gasteiger partial charge in [-0.15, -0.1) is 0 Å². The monoisotopic (exact) mass is 339 g/mol. The molecule has 8 nitrogen and oxygen atoms in total. The Hall–Kier alpha value is -1.74. The summed E-state index contributed by atoms with van der Waals surface area (Å²) >= 11 is 0. The zero-order valence-corrected chi connectivity index (χ0v) is 14.0. The minimum absolute atomic E-state index is 0.250. The van der Waals surface area contributed by atoms with E-state index in [0.717, 1.165) is 43.0 Å². The van der Waals surface area contributed by atoms with Crippen LogP contribution in [0.1, 0.15) is 44.2 Å². The number of aromatic nitrogens is 4. The van der Waals surface area contributed by atoms with Crippen molar-refractivity contribution in [3.8, 4) is 0 Å². The van der Waals surface area contributed by atoms with Crippen LogP contribution in [0.3, 0.4) is 0 Å². The van der Waals surface area contributed by atoms with Gasteiger partial charge < -0.3 is 10.4 Å². The van der Waals surface area contributed by atoms with Gasteiger partial charge in [-0.1, -0.05) is 12.8 Å². The van der Waals surface area contributed by atoms with Gasteiger partial charge in [-0.05, 0) is 19.8 Å². The summed E-state index contributed by atoms with van der Waals surface area (Å²) < 4.78 is 23.6. The van der Waals surface area contributed by atoms with Gasteiger partial charge in [0.05, 0.1) is 17.2 Å². The van der Waals surface area contributed by atoms with Crippen LogP contribution in [0.25, 0.3) is 11.0 Å². The normalized spacial score (nSPS) is 17.7. The predicted octanol–water partition coefficient (Wildman–Crippen LogP) is 1.21. The molecule has 0 saturated heterocycles. The molecule has 0 aromatic carbocycles. The highest BCUT2D eigenvalue weighted by atomic mass is 32.2. The summed E-state index contributed by atoms with van der Waals surface area (Å²) in [5, 5.41) is 20.2. The first-order valence-electron chi connectivity index (χ1n) is 7.74. The second kappa shape index (κ2) is 6.04. The molecule has 0 amide bonds. The van der Waals surface area contributed by atoms with Gasteiger partial charge in [0.1, 0.15) is 5.82 Å². The van der Waals surface area contributed by atoms with E-state index in [2.05, 4.69) is 25.5 Å². The van der Waals surface area contributed by atoms with E-state index in [1.165, 1.54) is 0 Å². The minimum Gasteiger partial charge on any atom is -0.392 e. The highest BCUT2D eigenvalue weighted by molar-refractivity contribution is 7.90. The van der Waals surface area contributed by atoms with Crippen molar-refractivity contribution < 1.29 is 13.5 Å². The molecule has 3 rings (SSSR count). The Labute approximate surface area is 134 Å². The number of aromatic amines is 1. The summed E-state index contributed by atoms with van der Waals surface area (Å²) in [6.45, 7) is 1.92. The molecule has 23 heavy (non-hydrogen) atoms. The summed E-state index contributed by atoms with van der Waals surface area (Å²) in [7, 11) is -3.54. The van der Waals surface area contributed by atoms with E-state index in [1.807, 2.05) is 0 Å². The van der Waals surface area contributed by atoms with E-state index in [1.54, 1.807) is 6.92 Å². The Balaban J connectivity index is 2.13. The Morgan fingerprint density at radius 1 is 1.35 bits per heavy atom. The molecule has 3 N–H and O–H groups in total. The van der Waals surface area contributed by atoms with Crippen molar-refractivity contribution in [3.63, 3.8) is 0 Å². The van der Waals surface area contributed by atoms with E-state index in [4.69, 9.17) is 0 Å². The lowest BCUT2D eigenvalue weighted by molar-refractivity contribution is 0.208. The maximum atomic E-state index is 11.8. The van der Waals surface area contributed by atoms with E-state index in [-0.39, 0.29) is 11.7 Å². The number of anilines is 1. The van der Waals surface area contributed by atoms with Crippen LogP contribution in [-0.4, -0.2) is 52.6 Å². The van der Waals surface area contributed by atoms with Gasteiger partial charge in [0, 0.05) is 18.7 Å². The molecule has 1 unspecified atom stereocenters. The number of fused-ring (bicyclic) bond motifs is 1. The number of hydrogen-bond acceptors (Lipinski definition) is 7. The van der Waals surface area contributed by atoms with Crippen LogP contribution in [0.2, 0.25) is 0 Å². The molecule has 0 aliphatic heterocycles. The third kappa shape index (κ3) is 3.30. The Morgan fingerprint density at radius 3 is 2.65 bits per heavy atom. The SMILES string of the molecule is CC(O)CNc1nc(S(C)(=O)=O)nc2[nH]nc(C3CCCC3)c12. The number of aliphatic hydroxyl groups is 1. The molecule has 1 aliphatic carbocycles. The number of sulfone groups is 1. The first-order chi connectivity index (χ1) is 10.9. The van der Waals surface area contributed by atoms with Crippen molar-refractivity contribution in [1.29, 1.82) is 0 Å². The lowest BCUT2D eigenvalue weighted by atomic mass is 10.0. The molecule has 126 valence electrons. The largest absolute Gasteiger partial charge is 0.392 e. The Bertz CT molecular complexity index is 809. The summed E-state index contributed by atoms with van der Waals surface area (Å²) in [6, 6.07) is 0. The lowest BCUT2D eigenvalue weighted by Crippen LogP contribution is -2.17. The smallest absolute Gasteiger partial charge is 0.250 e. The Morgan fingerprint density at radius 2 is 2.04 bits per heavy atom. The van der Waals surface area contributed by atoms with Crippen LogP contribution in [0, 0.1) is 0 Å². The van der Waals surface area contributed by atoms with Gasteiger partial charge in [-0.3, -0.25) is 5.10 Å². The van der Waals surface area contributed by atoms with Crippen molar-refractivity contribution in [2.24, 2.45) is 0 Å². The molecule has 1 fully saturated rings. The minimum atomic E-state index is -3.54. The number of nitrogens with one attached hydrogen (secondary N) is 2. The molecular weight excluding hydrogens is 318 g/mol. The third-order valence-electron chi connectivity index (χ3n) is 4.07. The van der Waals surface area contributed by atoms with Gasteiger partial charge in [0.2, 0.25) is 9.84 Å². The molecule has 2 aromatic rings. The molecular formula is C14H21N5O3S. The topological polar surface area (TPSA) is 121 Å². The van der Waals surface area contributed by atoms with Gasteiger partial charge >= 0.3 is 0 Å². The van der Waals surface area contributed by atoms with Crippen molar-refractivity contribution in [2.75, 3.05) is 18.1 Å². The molecule has 0 spiro atoms. The number of aliphatic hydroxyl groups excluding tert-OH is 1. The molecule has 2 aromatic heterocycles. The molecule has 9 heteroatoms. The highest BCUT2D eigenvalue weighted by Gasteiger charge is 2.26. The first kappa shape index (κ1) is 16.1. The molecule has 0 bridgehead atoms. The van der Waals surface area contributed by atoms with E-state index in [9.17, 15) is 13.5 Å². The summed E-state index contributed by atoms with van der Waals surface area (Å²) in [6.07, 6.45) is 4.94. The second-order valence-corrected chi connectivity index (χ2v) is 8.08. The highest BCUT2D eigenvalue weighted by Crippen LogP contribution is 2.38. The summed E-state index contributed by atoms with van der Waals surface area (Å²) in [4.78, 5) is 8.27. The van der Waals surface area contributed by atoms with Gasteiger partial charge in [-0.25, -0.2) is 13.4 Å². The standard InChI is InChI=1S/C14H21N5O3S/c1-8(20)7-15-12-10-11(9-5-3-4-6-9)18-19-13(10)17-14(16-12)23(2,21)22/h8-9,20H,3-7H2,1-2H3,(H2,15,16,17,18,19). The number of nitrogens with zero attached hydrogens (tertiary/aromatic N) is 3. The van der Waals surface area contributed by atoms with E-state index >= 15 is 0 Å². The van der Waals surface area contributed by atoms with Crippen LogP contribution in [0.4, 0.5) is 5.82 Å². The average molecular weight is 339 g/mol. The summed E-state index contributed by atoms with van der Waals surface area (Å²) in [5.41, 5.74) is 1.29. The van der Waals surface area contributed by atoms with Crippen LogP contribution in [-0.2, 0) is 9.84 Å². The van der Waals surface area contributed by atoms with Crippen LogP contribution in [0.5, 0.6) is 0 Å². The van der Waals surface area contributed by atoms with Crippen LogP contribution in [0.15, 0.2) is 5.16 Å². The molecule has 1 atom stereocenters. The second-order valence-electron chi connectivity index (χ2n) is 6.17. The van der Waals surface area contributed by atoms with Crippen molar-refractivity contribution in [1.82, 2.24) is 20.2 Å². The third-order valence-corrected chi connectivity index (χ3v) is 4.91. The van der Waals surface area contributed by atoms with Crippen LogP contribution < -0.4 is 5.32 Å². The lowest BCUT2D eigenvalue weighted by Gasteiger charge is -2.12. The van der Waals surface area contributed by atoms with E-state index < -0.39 is 15.9 Å². The molecule has 2 heterocycles. The molecule has 1 saturated carbocycles. The fraction of sp³-hybridized carbons (Fsp3) is 0.643. The van der Waals surface area contributed by atoms with Crippen molar-refractivity contribution >= 4 is 26.7 Å². The number of H-pyrrole nitrogens is 1. The maximum absolute atomic E-state index is 11.8. The number of hydrogen-bond donors (Lipinski definition) is 3. The average Bonchev–Trinajstić information content (AvgIpc) is 3.11.